The number of hydrogen-bond donors (Lipinski definition) is 2. The van der Waals surface area contributed by atoms with Crippen molar-refractivity contribution in [2.45, 2.75) is 25.8 Å². The van der Waals surface area contributed by atoms with Crippen molar-refractivity contribution in [3.8, 4) is 0 Å². The Hall–Kier alpha value is -1.03. The first-order valence-corrected chi connectivity index (χ1v) is 5.31. The molecule has 1 aromatic heterocycles. The number of hydrogen-bond acceptors (Lipinski definition) is 3. The van der Waals surface area contributed by atoms with E-state index in [0.717, 1.165) is 31.9 Å². The number of piperidine rings is 1. The zero-order valence-electron chi connectivity index (χ0n) is 8.61. The third kappa shape index (κ3) is 1.75. The smallest absolute Gasteiger partial charge is 0.202 e. The van der Waals surface area contributed by atoms with Crippen molar-refractivity contribution < 1.29 is 0 Å². The van der Waals surface area contributed by atoms with Gasteiger partial charge >= 0.3 is 0 Å². The lowest BCUT2D eigenvalue weighted by atomic mass is 9.91. The Balaban J connectivity index is 2.03. The molecule has 0 bridgehead atoms. The second-order valence-electron chi connectivity index (χ2n) is 3.98. The van der Waals surface area contributed by atoms with Crippen molar-refractivity contribution in [1.29, 1.82) is 0 Å². The maximum Gasteiger partial charge on any atom is 0.202 e. The van der Waals surface area contributed by atoms with Crippen molar-refractivity contribution in [3.05, 3.63) is 12.4 Å². The van der Waals surface area contributed by atoms with E-state index in [1.54, 1.807) is 6.20 Å². The molecule has 1 fully saturated rings. The number of anilines is 1. The molecule has 0 aromatic carbocycles. The molecule has 4 heteroatoms. The van der Waals surface area contributed by atoms with E-state index >= 15 is 0 Å². The van der Waals surface area contributed by atoms with Crippen LogP contribution in [0, 0.1) is 5.92 Å². The molecule has 1 aromatic rings. The molecule has 1 aliphatic heterocycles. The number of nitrogens with two attached hydrogens (primary N) is 1. The van der Waals surface area contributed by atoms with Crippen LogP contribution in [0.2, 0.25) is 0 Å². The van der Waals surface area contributed by atoms with E-state index in [4.69, 9.17) is 5.73 Å². The summed E-state index contributed by atoms with van der Waals surface area (Å²) in [4.78, 5) is 9.69. The molecule has 0 radical (unpaired) electrons. The van der Waals surface area contributed by atoms with Gasteiger partial charge in [-0.2, -0.15) is 0 Å². The minimum atomic E-state index is 0.367. The van der Waals surface area contributed by atoms with Crippen LogP contribution in [0.5, 0.6) is 0 Å². The zero-order chi connectivity index (χ0) is 9.97. The molecular formula is C10H18N4. The van der Waals surface area contributed by atoms with Gasteiger partial charge in [-0.15, -0.1) is 0 Å². The van der Waals surface area contributed by atoms with E-state index in [1.165, 1.54) is 0 Å². The van der Waals surface area contributed by atoms with Crippen LogP contribution in [0.1, 0.15) is 19.8 Å². The summed E-state index contributed by atoms with van der Waals surface area (Å²) in [5.74, 6) is 1.59. The molecule has 1 saturated heterocycles. The van der Waals surface area contributed by atoms with Crippen LogP contribution >= 0.6 is 0 Å². The molecule has 4 nitrogen and oxygen atoms in total. The van der Waals surface area contributed by atoms with Gasteiger partial charge in [0.15, 0.2) is 0 Å². The van der Waals surface area contributed by atoms with E-state index in [0.29, 0.717) is 12.0 Å². The molecule has 3 N–H and O–H groups in total. The van der Waals surface area contributed by atoms with E-state index in [2.05, 4.69) is 21.8 Å². The predicted octanol–water partition coefficient (Wildman–Crippen LogP) is 0.973. The van der Waals surface area contributed by atoms with Crippen molar-refractivity contribution in [2.24, 2.45) is 11.7 Å². The van der Waals surface area contributed by atoms with Crippen molar-refractivity contribution in [2.75, 3.05) is 18.0 Å². The fourth-order valence-electron chi connectivity index (χ4n) is 2.10. The van der Waals surface area contributed by atoms with Gasteiger partial charge in [0.25, 0.3) is 0 Å². The van der Waals surface area contributed by atoms with Gasteiger partial charge in [0.05, 0.1) is 0 Å². The van der Waals surface area contributed by atoms with Crippen molar-refractivity contribution in [3.63, 3.8) is 0 Å². The van der Waals surface area contributed by atoms with Crippen LogP contribution in [0.3, 0.4) is 0 Å². The molecule has 2 atom stereocenters. The SMILES string of the molecule is CCC1CN(c2ncc[nH]2)CCC1N. The molecule has 2 rings (SSSR count). The third-order valence-electron chi connectivity index (χ3n) is 3.10. The second kappa shape index (κ2) is 4.00. The Labute approximate surface area is 84.5 Å². The first-order chi connectivity index (χ1) is 6.81. The Morgan fingerprint density at radius 3 is 3.21 bits per heavy atom. The molecule has 0 saturated carbocycles. The Morgan fingerprint density at radius 1 is 1.71 bits per heavy atom. The quantitative estimate of drug-likeness (QED) is 0.737. The summed E-state index contributed by atoms with van der Waals surface area (Å²) in [6.07, 6.45) is 5.88. The summed E-state index contributed by atoms with van der Waals surface area (Å²) in [5, 5.41) is 0. The summed E-state index contributed by atoms with van der Waals surface area (Å²) in [6.45, 7) is 4.26. The average Bonchev–Trinajstić information content (AvgIpc) is 2.71. The van der Waals surface area contributed by atoms with Gasteiger partial charge in [0, 0.05) is 31.5 Å². The largest absolute Gasteiger partial charge is 0.342 e. The molecule has 0 amide bonds. The number of nitrogens with zero attached hydrogens (tertiary/aromatic N) is 2. The number of H-pyrrole nitrogens is 1. The van der Waals surface area contributed by atoms with E-state index in [-0.39, 0.29) is 0 Å². The lowest BCUT2D eigenvalue weighted by Crippen LogP contribution is -2.47. The Morgan fingerprint density at radius 2 is 2.57 bits per heavy atom. The summed E-state index contributed by atoms with van der Waals surface area (Å²) >= 11 is 0. The number of aromatic nitrogens is 2. The van der Waals surface area contributed by atoms with Gasteiger partial charge < -0.3 is 15.6 Å². The standard InChI is InChI=1S/C10H18N4/c1-2-8-7-14(6-3-9(8)11)10-12-4-5-13-10/h4-5,8-9H,2-3,6-7,11H2,1H3,(H,12,13). The van der Waals surface area contributed by atoms with Crippen LogP contribution in [-0.2, 0) is 0 Å². The van der Waals surface area contributed by atoms with Gasteiger partial charge in [-0.3, -0.25) is 0 Å². The van der Waals surface area contributed by atoms with Gasteiger partial charge in [-0.1, -0.05) is 13.3 Å². The first-order valence-electron chi connectivity index (χ1n) is 5.31. The summed E-state index contributed by atoms with van der Waals surface area (Å²) < 4.78 is 0. The molecule has 2 unspecified atom stereocenters. The monoisotopic (exact) mass is 194 g/mol. The van der Waals surface area contributed by atoms with Gasteiger partial charge in [0.2, 0.25) is 5.95 Å². The number of rotatable bonds is 2. The third-order valence-corrected chi connectivity index (χ3v) is 3.10. The normalized spacial score (nSPS) is 28.0. The fraction of sp³-hybridized carbons (Fsp3) is 0.700. The molecule has 78 valence electrons. The van der Waals surface area contributed by atoms with E-state index in [1.807, 2.05) is 6.20 Å². The maximum absolute atomic E-state index is 6.05. The minimum Gasteiger partial charge on any atom is -0.342 e. The van der Waals surface area contributed by atoms with Crippen molar-refractivity contribution >= 4 is 5.95 Å². The van der Waals surface area contributed by atoms with Crippen LogP contribution in [0.15, 0.2) is 12.4 Å². The summed E-state index contributed by atoms with van der Waals surface area (Å²) in [6, 6.07) is 0.367. The highest BCUT2D eigenvalue weighted by molar-refractivity contribution is 5.30. The average molecular weight is 194 g/mol. The van der Waals surface area contributed by atoms with Crippen LogP contribution < -0.4 is 10.6 Å². The van der Waals surface area contributed by atoms with E-state index in [9.17, 15) is 0 Å². The lowest BCUT2D eigenvalue weighted by Gasteiger charge is -2.36. The Bertz CT molecular complexity index is 270. The Kier molecular flexibility index (Phi) is 2.72. The van der Waals surface area contributed by atoms with Gasteiger partial charge in [-0.05, 0) is 12.3 Å². The molecule has 0 spiro atoms. The van der Waals surface area contributed by atoms with Crippen LogP contribution in [-0.4, -0.2) is 29.1 Å². The van der Waals surface area contributed by atoms with E-state index < -0.39 is 0 Å². The summed E-state index contributed by atoms with van der Waals surface area (Å²) in [5.41, 5.74) is 6.05. The van der Waals surface area contributed by atoms with Crippen molar-refractivity contribution in [1.82, 2.24) is 9.97 Å². The summed E-state index contributed by atoms with van der Waals surface area (Å²) in [7, 11) is 0. The highest BCUT2D eigenvalue weighted by Gasteiger charge is 2.26. The minimum absolute atomic E-state index is 0.367. The lowest BCUT2D eigenvalue weighted by molar-refractivity contribution is 0.346. The topological polar surface area (TPSA) is 57.9 Å². The zero-order valence-corrected chi connectivity index (χ0v) is 8.61. The molecule has 0 aliphatic carbocycles. The van der Waals surface area contributed by atoms with Crippen LogP contribution in [0.25, 0.3) is 0 Å². The molecule has 2 heterocycles. The molecule has 1 aliphatic rings. The predicted molar refractivity (Wildman–Crippen MR) is 57.2 cm³/mol. The highest BCUT2D eigenvalue weighted by Crippen LogP contribution is 2.21. The fourth-order valence-corrected chi connectivity index (χ4v) is 2.10. The first kappa shape index (κ1) is 9.52. The number of nitrogens with one attached hydrogen (secondary N) is 1. The molecule has 14 heavy (non-hydrogen) atoms. The van der Waals surface area contributed by atoms with Gasteiger partial charge in [-0.25, -0.2) is 4.98 Å². The maximum atomic E-state index is 6.05. The number of imidazole rings is 1. The molecular weight excluding hydrogens is 176 g/mol. The van der Waals surface area contributed by atoms with Crippen LogP contribution in [0.4, 0.5) is 5.95 Å². The second-order valence-corrected chi connectivity index (χ2v) is 3.98. The highest BCUT2D eigenvalue weighted by atomic mass is 15.3. The van der Waals surface area contributed by atoms with Gasteiger partial charge in [0.1, 0.15) is 0 Å². The number of aromatic amines is 1.